The average Bonchev–Trinajstić information content (AvgIpc) is 3.11. The number of phosphoric acid groups is 6. The van der Waals surface area contributed by atoms with Gasteiger partial charge in [-0.25, -0.2) is 46.9 Å². The molecule has 2 aromatic carbocycles. The second-order valence-corrected chi connectivity index (χ2v) is 26.4. The van der Waals surface area contributed by atoms with E-state index >= 15 is 0 Å². The van der Waals surface area contributed by atoms with Crippen LogP contribution in [0.2, 0.25) is 10.0 Å². The summed E-state index contributed by atoms with van der Waals surface area (Å²) in [5, 5.41) is 22.3. The van der Waals surface area contributed by atoms with E-state index in [1.54, 1.807) is 0 Å². The Hall–Kier alpha value is -5.48. The third-order valence-corrected chi connectivity index (χ3v) is 18.7. The lowest BCUT2D eigenvalue weighted by Gasteiger charge is -2.22. The zero-order valence-corrected chi connectivity index (χ0v) is 47.6. The van der Waals surface area contributed by atoms with Crippen molar-refractivity contribution in [3.05, 3.63) is 90.9 Å². The van der Waals surface area contributed by atoms with E-state index in [1.807, 2.05) is 0 Å². The quantitative estimate of drug-likeness (QED) is 0.0261. The number of aromatic nitrogens is 8. The molecule has 50 heteroatoms. The number of halogens is 2. The normalized spacial score (nSPS) is 23.9. The number of hydrogen-bond acceptors (Lipinski definition) is 30. The molecule has 20 N–H and O–H groups in total. The van der Waals surface area contributed by atoms with Crippen LogP contribution in [0.1, 0.15) is 33.2 Å². The van der Waals surface area contributed by atoms with Gasteiger partial charge in [0, 0.05) is 21.4 Å². The number of H-pyrrole nitrogens is 2. The largest absolute Gasteiger partial charge is 0.490 e. The first-order valence-corrected chi connectivity index (χ1v) is 31.7. The standard InChI is InChI=1S/2C17H20ClN6O15P3/c18-6-1-2-8(19)7(3-6)16(27)37-12-9(4-35-41(31,32)39-42(33,34)38-40(28,29)30)36-15(11(12)25)24-5-21-10-13(24)22-17(20)23-14(10)26;18-6-1-2-8(19)7(3-6)16(27)37-12-11(25)9(4-35-41(31,32)39-42(33,34)38-40(28,29)30)36-15(12)24-5-21-10-13(24)22-17(20)23-14(10)26/h2*1-3,5,9,11-12,15,25H,4,19H2,(H,31,32)(H,33,34)(H2,28,29,30)(H3,20,22,23,26). The van der Waals surface area contributed by atoms with Crippen LogP contribution in [0.15, 0.2) is 58.6 Å². The Morgan fingerprint density at radius 2 is 0.964 bits per heavy atom. The maximum atomic E-state index is 13.0. The van der Waals surface area contributed by atoms with Crippen molar-refractivity contribution < 1.29 is 132 Å². The number of imidazole rings is 2. The van der Waals surface area contributed by atoms with Gasteiger partial charge in [0.2, 0.25) is 11.9 Å². The zero-order chi connectivity index (χ0) is 62.4. The number of carbonyl (C=O) groups is 2. The second-order valence-electron chi connectivity index (χ2n) is 16.6. The Kier molecular flexibility index (Phi) is 19.7. The molecule has 0 spiro atoms. The number of phosphoric ester groups is 2. The highest BCUT2D eigenvalue weighted by Gasteiger charge is 2.52. The third kappa shape index (κ3) is 16.5. The van der Waals surface area contributed by atoms with Crippen molar-refractivity contribution in [1.82, 2.24) is 39.0 Å². The molecule has 0 radical (unpaired) electrons. The van der Waals surface area contributed by atoms with Gasteiger partial charge >= 0.3 is 58.9 Å². The summed E-state index contributed by atoms with van der Waals surface area (Å²) in [6.07, 6.45) is -11.6. The van der Waals surface area contributed by atoms with E-state index in [4.69, 9.17) is 84.7 Å². The molecule has 2 fully saturated rings. The fourth-order valence-corrected chi connectivity index (χ4v) is 13.8. The van der Waals surface area contributed by atoms with Crippen LogP contribution in [0, 0.1) is 0 Å². The molecule has 0 saturated carbocycles. The molecule has 12 unspecified atom stereocenters. The highest BCUT2D eigenvalue weighted by atomic mass is 35.5. The van der Waals surface area contributed by atoms with Crippen LogP contribution in [-0.2, 0) is 72.6 Å². The number of nitrogens with zero attached hydrogens (tertiary/aromatic N) is 6. The predicted octanol–water partition coefficient (Wildman–Crippen LogP) is -0.471. The summed E-state index contributed by atoms with van der Waals surface area (Å²) < 4.78 is 117. The highest BCUT2D eigenvalue weighted by molar-refractivity contribution is 7.67. The molecule has 2 aliphatic rings. The number of fused-ring (bicyclic) bond motifs is 2. The molecule has 6 aromatic rings. The summed E-state index contributed by atoms with van der Waals surface area (Å²) in [5.74, 6) is -2.90. The van der Waals surface area contributed by atoms with Gasteiger partial charge in [0.1, 0.15) is 24.4 Å². The second kappa shape index (κ2) is 25.1. The van der Waals surface area contributed by atoms with E-state index in [0.717, 1.165) is 27.9 Å². The maximum Gasteiger partial charge on any atom is 0.490 e. The SMILES string of the molecule is Nc1nc2c(ncn2C2OC(COP(=O)(O)OP(=O)(O)OP(=O)(O)O)C(O)C2OC(=O)c2cc(Cl)ccc2N)c(=O)[nH]1.Nc1nc2c(ncn2C2OC(COP(=O)(O)OP(=O)(O)OP(=O)(O)O)C(OC(=O)c3cc(Cl)ccc3N)C2O)c(=O)[nH]1. The Labute approximate surface area is 472 Å². The Bertz CT molecular complexity index is 3950. The van der Waals surface area contributed by atoms with E-state index < -0.39 is 132 Å². The summed E-state index contributed by atoms with van der Waals surface area (Å²) in [7, 11) is -34.3. The number of aromatic amines is 2. The first-order chi connectivity index (χ1) is 38.7. The first kappa shape index (κ1) is 66.1. The molecule has 42 nitrogen and oxygen atoms in total. The van der Waals surface area contributed by atoms with E-state index in [0.29, 0.717) is 0 Å². The fraction of sp³-hybridized carbons (Fsp3) is 0.294. The summed E-state index contributed by atoms with van der Waals surface area (Å²) in [6, 6.07) is 7.72. The summed E-state index contributed by atoms with van der Waals surface area (Å²) >= 11 is 11.8. The molecule has 2 aliphatic heterocycles. The number of ether oxygens (including phenoxy) is 4. The number of carbonyl (C=O) groups excluding carboxylic acids is 2. The molecule has 0 amide bonds. The number of benzene rings is 2. The van der Waals surface area contributed by atoms with Gasteiger partial charge in [-0.2, -0.15) is 27.2 Å². The molecular formula is C34H40Cl2N12O30P6. The lowest BCUT2D eigenvalue weighted by Crippen LogP contribution is -2.38. The number of rotatable bonds is 20. The van der Waals surface area contributed by atoms with Crippen LogP contribution in [0.25, 0.3) is 22.3 Å². The van der Waals surface area contributed by atoms with Crippen LogP contribution in [0.4, 0.5) is 23.3 Å². The van der Waals surface area contributed by atoms with E-state index in [9.17, 15) is 76.4 Å². The average molecular weight is 1350 g/mol. The summed E-state index contributed by atoms with van der Waals surface area (Å²) in [6.45, 7) is -2.24. The minimum Gasteiger partial charge on any atom is -0.453 e. The van der Waals surface area contributed by atoms with Gasteiger partial charge in [-0.3, -0.25) is 37.7 Å². The molecule has 6 heterocycles. The van der Waals surface area contributed by atoms with Crippen LogP contribution in [-0.4, -0.2) is 150 Å². The number of aliphatic hydroxyl groups excluding tert-OH is 2. The number of aliphatic hydroxyl groups is 2. The van der Waals surface area contributed by atoms with Crippen molar-refractivity contribution >= 4 is 128 Å². The van der Waals surface area contributed by atoms with Crippen LogP contribution in [0.5, 0.6) is 0 Å². The molecular weight excluding hydrogens is 1310 g/mol. The van der Waals surface area contributed by atoms with E-state index in [1.165, 1.54) is 30.3 Å². The Morgan fingerprint density at radius 3 is 1.39 bits per heavy atom. The van der Waals surface area contributed by atoms with Gasteiger partial charge in [-0.05, 0) is 36.4 Å². The van der Waals surface area contributed by atoms with Gasteiger partial charge in [-0.1, -0.05) is 23.2 Å². The van der Waals surface area contributed by atoms with Gasteiger partial charge in [0.15, 0.2) is 47.0 Å². The molecule has 460 valence electrons. The lowest BCUT2D eigenvalue weighted by molar-refractivity contribution is -0.0557. The predicted molar refractivity (Wildman–Crippen MR) is 275 cm³/mol. The van der Waals surface area contributed by atoms with Crippen LogP contribution < -0.4 is 34.1 Å². The van der Waals surface area contributed by atoms with Crippen LogP contribution >= 0.6 is 70.1 Å². The minimum atomic E-state index is -5.85. The van der Waals surface area contributed by atoms with Crippen molar-refractivity contribution in [3.63, 3.8) is 0 Å². The number of hydrogen-bond donors (Lipinski definition) is 16. The van der Waals surface area contributed by atoms with Gasteiger partial charge < -0.3 is 91.2 Å². The van der Waals surface area contributed by atoms with Crippen molar-refractivity contribution in [2.24, 2.45) is 0 Å². The number of anilines is 4. The zero-order valence-electron chi connectivity index (χ0n) is 40.7. The third-order valence-electron chi connectivity index (χ3n) is 10.7. The van der Waals surface area contributed by atoms with Gasteiger partial charge in [-0.15, -0.1) is 0 Å². The molecule has 8 rings (SSSR count). The Balaban J connectivity index is 0.000000241. The fourth-order valence-electron chi connectivity index (χ4n) is 7.42. The molecule has 0 aliphatic carbocycles. The maximum absolute atomic E-state index is 13.0. The number of nitrogens with two attached hydrogens (primary N) is 4. The lowest BCUT2D eigenvalue weighted by atomic mass is 10.1. The molecule has 0 bridgehead atoms. The van der Waals surface area contributed by atoms with Crippen molar-refractivity contribution in [2.45, 2.75) is 49.1 Å². The van der Waals surface area contributed by atoms with E-state index in [2.05, 4.69) is 56.2 Å². The van der Waals surface area contributed by atoms with Gasteiger partial charge in [0.05, 0.1) is 37.0 Å². The van der Waals surface area contributed by atoms with Gasteiger partial charge in [0.25, 0.3) is 11.1 Å². The number of nitrogens with one attached hydrogen (secondary N) is 2. The van der Waals surface area contributed by atoms with Crippen LogP contribution in [0.3, 0.4) is 0 Å². The summed E-state index contributed by atoms with van der Waals surface area (Å²) in [4.78, 5) is 143. The van der Waals surface area contributed by atoms with E-state index in [-0.39, 0.29) is 66.8 Å². The topological polar surface area (TPSA) is 662 Å². The minimum absolute atomic E-state index is 0.0485. The molecule has 84 heavy (non-hydrogen) atoms. The van der Waals surface area contributed by atoms with Crippen molar-refractivity contribution in [2.75, 3.05) is 36.1 Å². The molecule has 12 atom stereocenters. The van der Waals surface area contributed by atoms with Crippen molar-refractivity contribution in [1.29, 1.82) is 0 Å². The van der Waals surface area contributed by atoms with Crippen molar-refractivity contribution in [3.8, 4) is 0 Å². The number of esters is 2. The number of nitrogen functional groups attached to an aromatic ring is 4. The molecule has 4 aromatic heterocycles. The smallest absolute Gasteiger partial charge is 0.453 e. The molecule has 2 saturated heterocycles. The monoisotopic (exact) mass is 1350 g/mol. The first-order valence-electron chi connectivity index (χ1n) is 21.9. The summed E-state index contributed by atoms with van der Waals surface area (Å²) in [5.41, 5.74) is 19.9. The highest BCUT2D eigenvalue weighted by Crippen LogP contribution is 2.67. The Morgan fingerprint density at radius 1 is 0.571 bits per heavy atom.